The number of nitrogens with zero attached hydrogens (tertiary/aromatic N) is 1. The summed E-state index contributed by atoms with van der Waals surface area (Å²) in [5, 5.41) is 18.0. The van der Waals surface area contributed by atoms with Gasteiger partial charge in [-0.3, -0.25) is 9.59 Å². The Morgan fingerprint density at radius 2 is 1.79 bits per heavy atom. The highest BCUT2D eigenvalue weighted by Gasteiger charge is 2.16. The molecule has 0 aliphatic heterocycles. The van der Waals surface area contributed by atoms with Crippen molar-refractivity contribution in [2.75, 3.05) is 19.5 Å². The highest BCUT2D eigenvalue weighted by atomic mass is 16.5. The highest BCUT2D eigenvalue weighted by molar-refractivity contribution is 6.39. The van der Waals surface area contributed by atoms with Gasteiger partial charge in [-0.15, -0.1) is 0 Å². The van der Waals surface area contributed by atoms with E-state index in [-0.39, 0.29) is 5.75 Å². The Kier molecular flexibility index (Phi) is 5.94. The van der Waals surface area contributed by atoms with Crippen molar-refractivity contribution < 1.29 is 24.2 Å². The Bertz CT molecular complexity index is 1090. The molecule has 0 aliphatic carbocycles. The van der Waals surface area contributed by atoms with Gasteiger partial charge in [-0.05, 0) is 29.0 Å². The molecule has 148 valence electrons. The van der Waals surface area contributed by atoms with Gasteiger partial charge in [0.2, 0.25) is 0 Å². The van der Waals surface area contributed by atoms with Gasteiger partial charge in [0.1, 0.15) is 17.2 Å². The van der Waals surface area contributed by atoms with Crippen molar-refractivity contribution in [1.29, 1.82) is 0 Å². The number of amides is 2. The number of benzene rings is 3. The monoisotopic (exact) mass is 393 g/mol. The predicted molar refractivity (Wildman–Crippen MR) is 110 cm³/mol. The van der Waals surface area contributed by atoms with E-state index < -0.39 is 11.8 Å². The van der Waals surface area contributed by atoms with Crippen LogP contribution in [0.25, 0.3) is 10.8 Å². The number of hydrazone groups is 1. The van der Waals surface area contributed by atoms with E-state index in [2.05, 4.69) is 15.8 Å². The molecule has 0 bridgehead atoms. The number of fused-ring (bicyclic) bond motifs is 1. The molecule has 3 aromatic rings. The zero-order valence-electron chi connectivity index (χ0n) is 15.8. The number of phenolic OH excluding ortho intramolecular Hbond substituents is 1. The standard InChI is InChI=1S/C21H19N3O5/c1-28-14-8-9-17(19(11-14)29-2)23-20(26)21(27)24-22-12-16-15-6-4-3-5-13(15)7-10-18(16)25/h3-12,25H,1-2H3,(H,23,26)(H,24,27)/b22-12-. The van der Waals surface area contributed by atoms with Crippen molar-refractivity contribution >= 4 is 34.5 Å². The Morgan fingerprint density at radius 1 is 1.00 bits per heavy atom. The van der Waals surface area contributed by atoms with Gasteiger partial charge in [-0.1, -0.05) is 30.3 Å². The van der Waals surface area contributed by atoms with E-state index in [0.29, 0.717) is 22.7 Å². The van der Waals surface area contributed by atoms with Crippen LogP contribution in [-0.4, -0.2) is 37.4 Å². The van der Waals surface area contributed by atoms with E-state index in [1.165, 1.54) is 26.5 Å². The van der Waals surface area contributed by atoms with E-state index in [4.69, 9.17) is 9.47 Å². The molecular formula is C21H19N3O5. The van der Waals surface area contributed by atoms with Crippen molar-refractivity contribution in [2.45, 2.75) is 0 Å². The molecule has 3 rings (SSSR count). The van der Waals surface area contributed by atoms with Crippen molar-refractivity contribution in [3.8, 4) is 17.2 Å². The summed E-state index contributed by atoms with van der Waals surface area (Å²) < 4.78 is 10.3. The van der Waals surface area contributed by atoms with Gasteiger partial charge >= 0.3 is 11.8 Å². The third-order valence-corrected chi connectivity index (χ3v) is 4.17. The van der Waals surface area contributed by atoms with Crippen LogP contribution in [0.3, 0.4) is 0 Å². The summed E-state index contributed by atoms with van der Waals surface area (Å²) in [4.78, 5) is 24.2. The SMILES string of the molecule is COc1ccc(NC(=O)C(=O)N/N=C\c2c(O)ccc3ccccc23)c(OC)c1. The summed E-state index contributed by atoms with van der Waals surface area (Å²) in [5.74, 6) is -1.00. The van der Waals surface area contributed by atoms with Gasteiger partial charge in [-0.25, -0.2) is 5.43 Å². The molecule has 0 aromatic heterocycles. The summed E-state index contributed by atoms with van der Waals surface area (Å²) in [6, 6.07) is 15.5. The highest BCUT2D eigenvalue weighted by Crippen LogP contribution is 2.29. The number of anilines is 1. The Balaban J connectivity index is 1.70. The maximum atomic E-state index is 12.1. The number of carbonyl (C=O) groups is 2. The number of rotatable bonds is 5. The molecule has 0 unspecified atom stereocenters. The lowest BCUT2D eigenvalue weighted by Crippen LogP contribution is -2.32. The Morgan fingerprint density at radius 3 is 2.55 bits per heavy atom. The third-order valence-electron chi connectivity index (χ3n) is 4.17. The van der Waals surface area contributed by atoms with Crippen LogP contribution >= 0.6 is 0 Å². The van der Waals surface area contributed by atoms with Gasteiger partial charge in [0.05, 0.1) is 26.1 Å². The minimum atomic E-state index is -0.973. The number of hydrogen-bond acceptors (Lipinski definition) is 6. The van der Waals surface area contributed by atoms with Crippen molar-refractivity contribution in [3.63, 3.8) is 0 Å². The summed E-state index contributed by atoms with van der Waals surface area (Å²) in [6.07, 6.45) is 1.29. The molecule has 0 radical (unpaired) electrons. The largest absolute Gasteiger partial charge is 0.507 e. The van der Waals surface area contributed by atoms with Crippen LogP contribution in [0.4, 0.5) is 5.69 Å². The summed E-state index contributed by atoms with van der Waals surface area (Å²) in [5.41, 5.74) is 2.89. The minimum Gasteiger partial charge on any atom is -0.507 e. The minimum absolute atomic E-state index is 0.00844. The second-order valence-electron chi connectivity index (χ2n) is 5.94. The molecule has 0 heterocycles. The van der Waals surface area contributed by atoms with E-state index in [1.54, 1.807) is 24.3 Å². The molecule has 8 nitrogen and oxygen atoms in total. The molecule has 0 saturated heterocycles. The van der Waals surface area contributed by atoms with E-state index in [0.717, 1.165) is 10.8 Å². The molecule has 0 fully saturated rings. The number of methoxy groups -OCH3 is 2. The van der Waals surface area contributed by atoms with Crippen LogP contribution in [0.2, 0.25) is 0 Å². The number of phenols is 1. The fourth-order valence-corrected chi connectivity index (χ4v) is 2.71. The number of hydrogen-bond donors (Lipinski definition) is 3. The summed E-state index contributed by atoms with van der Waals surface area (Å²) in [6.45, 7) is 0. The topological polar surface area (TPSA) is 109 Å². The summed E-state index contributed by atoms with van der Waals surface area (Å²) >= 11 is 0. The quantitative estimate of drug-likeness (QED) is 0.351. The molecule has 0 spiro atoms. The van der Waals surface area contributed by atoms with Gasteiger partial charge in [0.25, 0.3) is 0 Å². The molecule has 29 heavy (non-hydrogen) atoms. The van der Waals surface area contributed by atoms with Gasteiger partial charge in [-0.2, -0.15) is 5.10 Å². The van der Waals surface area contributed by atoms with E-state index >= 15 is 0 Å². The number of carbonyl (C=O) groups excluding carboxylic acids is 2. The third kappa shape index (κ3) is 4.44. The molecule has 0 atom stereocenters. The number of nitrogens with one attached hydrogen (secondary N) is 2. The lowest BCUT2D eigenvalue weighted by Gasteiger charge is -2.11. The number of ether oxygens (including phenoxy) is 2. The first-order chi connectivity index (χ1) is 14.0. The summed E-state index contributed by atoms with van der Waals surface area (Å²) in [7, 11) is 2.94. The van der Waals surface area contributed by atoms with E-state index in [1.807, 2.05) is 24.3 Å². The van der Waals surface area contributed by atoms with Gasteiger partial charge in [0, 0.05) is 11.6 Å². The van der Waals surface area contributed by atoms with Crippen molar-refractivity contribution in [1.82, 2.24) is 5.43 Å². The molecule has 0 saturated carbocycles. The van der Waals surface area contributed by atoms with Crippen molar-refractivity contribution in [3.05, 3.63) is 60.2 Å². The second kappa shape index (κ2) is 8.75. The Labute approximate surface area is 166 Å². The maximum Gasteiger partial charge on any atom is 0.329 e. The van der Waals surface area contributed by atoms with E-state index in [9.17, 15) is 14.7 Å². The zero-order chi connectivity index (χ0) is 20.8. The first-order valence-electron chi connectivity index (χ1n) is 8.60. The van der Waals surface area contributed by atoms with Crippen LogP contribution < -0.4 is 20.2 Å². The van der Waals surface area contributed by atoms with Crippen LogP contribution in [0.15, 0.2) is 59.7 Å². The zero-order valence-corrected chi connectivity index (χ0v) is 15.8. The second-order valence-corrected chi connectivity index (χ2v) is 5.94. The smallest absolute Gasteiger partial charge is 0.329 e. The fraction of sp³-hybridized carbons (Fsp3) is 0.0952. The Hall–Kier alpha value is -4.07. The average Bonchev–Trinajstić information content (AvgIpc) is 2.75. The molecule has 0 aliphatic rings. The molecule has 3 N–H and O–H groups in total. The molecule has 3 aromatic carbocycles. The predicted octanol–water partition coefficient (Wildman–Crippen LogP) is 2.65. The van der Waals surface area contributed by atoms with Gasteiger partial charge < -0.3 is 19.9 Å². The average molecular weight is 393 g/mol. The van der Waals surface area contributed by atoms with Crippen LogP contribution in [0.1, 0.15) is 5.56 Å². The lowest BCUT2D eigenvalue weighted by molar-refractivity contribution is -0.136. The molecule has 8 heteroatoms. The van der Waals surface area contributed by atoms with Crippen molar-refractivity contribution in [2.24, 2.45) is 5.10 Å². The normalized spacial score (nSPS) is 10.7. The van der Waals surface area contributed by atoms with Crippen LogP contribution in [0, 0.1) is 0 Å². The number of aromatic hydroxyl groups is 1. The van der Waals surface area contributed by atoms with Crippen LogP contribution in [0.5, 0.6) is 17.2 Å². The molecule has 2 amide bonds. The molecular weight excluding hydrogens is 374 g/mol. The fourth-order valence-electron chi connectivity index (χ4n) is 2.71. The van der Waals surface area contributed by atoms with Gasteiger partial charge in [0.15, 0.2) is 0 Å². The first-order valence-corrected chi connectivity index (χ1v) is 8.60. The first kappa shape index (κ1) is 19.7. The lowest BCUT2D eigenvalue weighted by atomic mass is 10.0. The maximum absolute atomic E-state index is 12.1. The van der Waals surface area contributed by atoms with Crippen LogP contribution in [-0.2, 0) is 9.59 Å².